The number of hydrogen-bond acceptors (Lipinski definition) is 4. The molecule has 1 aliphatic rings. The van der Waals surface area contributed by atoms with E-state index in [0.717, 1.165) is 11.1 Å². The summed E-state index contributed by atoms with van der Waals surface area (Å²) in [6.07, 6.45) is 1.17. The first kappa shape index (κ1) is 19.6. The molecule has 4 rings (SSSR count). The van der Waals surface area contributed by atoms with Gasteiger partial charge < -0.3 is 9.42 Å². The van der Waals surface area contributed by atoms with Gasteiger partial charge in [-0.05, 0) is 47.2 Å². The second-order valence-corrected chi connectivity index (χ2v) is 8.92. The van der Waals surface area contributed by atoms with Crippen LogP contribution < -0.4 is 0 Å². The standard InChI is InChI=1S/C23H24ClN3O2/c1-23(2,3)17-8-4-15(5-9-17)14-27-19(12-13-20(27)28)22-25-21(26-29-22)16-6-10-18(24)11-7-16/h4-11,19H,12-14H2,1-3H3. The fourth-order valence-electron chi connectivity index (χ4n) is 3.58. The van der Waals surface area contributed by atoms with Crippen molar-refractivity contribution >= 4 is 17.5 Å². The van der Waals surface area contributed by atoms with Crippen LogP contribution in [0.5, 0.6) is 0 Å². The zero-order valence-corrected chi connectivity index (χ0v) is 17.6. The molecule has 5 nitrogen and oxygen atoms in total. The normalized spacial score (nSPS) is 17.2. The predicted molar refractivity (Wildman–Crippen MR) is 112 cm³/mol. The zero-order valence-electron chi connectivity index (χ0n) is 16.9. The highest BCUT2D eigenvalue weighted by molar-refractivity contribution is 6.30. The first-order valence-electron chi connectivity index (χ1n) is 9.80. The van der Waals surface area contributed by atoms with Crippen LogP contribution in [-0.4, -0.2) is 20.9 Å². The van der Waals surface area contributed by atoms with Crippen molar-refractivity contribution in [2.24, 2.45) is 0 Å². The second kappa shape index (κ2) is 7.64. The lowest BCUT2D eigenvalue weighted by atomic mass is 9.87. The Morgan fingerprint density at radius 2 is 1.79 bits per heavy atom. The maximum absolute atomic E-state index is 12.5. The topological polar surface area (TPSA) is 59.2 Å². The summed E-state index contributed by atoms with van der Waals surface area (Å²) in [5.74, 6) is 1.10. The fourth-order valence-corrected chi connectivity index (χ4v) is 3.71. The zero-order chi connectivity index (χ0) is 20.6. The van der Waals surface area contributed by atoms with Gasteiger partial charge in [-0.2, -0.15) is 4.98 Å². The highest BCUT2D eigenvalue weighted by Crippen LogP contribution is 2.34. The smallest absolute Gasteiger partial charge is 0.249 e. The molecule has 0 spiro atoms. The van der Waals surface area contributed by atoms with E-state index < -0.39 is 0 Å². The molecule has 1 atom stereocenters. The molecule has 150 valence electrons. The van der Waals surface area contributed by atoms with Crippen LogP contribution in [-0.2, 0) is 16.8 Å². The van der Waals surface area contributed by atoms with Gasteiger partial charge in [0, 0.05) is 23.6 Å². The Kier molecular flexibility index (Phi) is 5.17. The van der Waals surface area contributed by atoms with Crippen molar-refractivity contribution in [3.8, 4) is 11.4 Å². The molecule has 6 heteroatoms. The maximum atomic E-state index is 12.5. The van der Waals surface area contributed by atoms with Gasteiger partial charge in [-0.1, -0.05) is 61.8 Å². The van der Waals surface area contributed by atoms with Crippen molar-refractivity contribution in [1.29, 1.82) is 0 Å². The highest BCUT2D eigenvalue weighted by atomic mass is 35.5. The van der Waals surface area contributed by atoms with E-state index in [2.05, 4.69) is 55.2 Å². The summed E-state index contributed by atoms with van der Waals surface area (Å²) in [4.78, 5) is 18.9. The van der Waals surface area contributed by atoms with Gasteiger partial charge in [0.05, 0.1) is 0 Å². The SMILES string of the molecule is CC(C)(C)c1ccc(CN2C(=O)CCC2c2nc(-c3ccc(Cl)cc3)no2)cc1. The Balaban J connectivity index is 1.53. The Labute approximate surface area is 175 Å². The molecule has 1 aromatic heterocycles. The molecule has 2 heterocycles. The van der Waals surface area contributed by atoms with Crippen LogP contribution in [0.3, 0.4) is 0 Å². The van der Waals surface area contributed by atoms with Crippen LogP contribution in [0.25, 0.3) is 11.4 Å². The summed E-state index contributed by atoms with van der Waals surface area (Å²) in [5.41, 5.74) is 3.30. The fraction of sp³-hybridized carbons (Fsp3) is 0.348. The van der Waals surface area contributed by atoms with Crippen LogP contribution in [0.2, 0.25) is 5.02 Å². The number of benzene rings is 2. The van der Waals surface area contributed by atoms with Crippen molar-refractivity contribution < 1.29 is 9.32 Å². The minimum Gasteiger partial charge on any atom is -0.337 e. The Bertz CT molecular complexity index is 1000. The highest BCUT2D eigenvalue weighted by Gasteiger charge is 2.36. The van der Waals surface area contributed by atoms with Crippen molar-refractivity contribution in [3.63, 3.8) is 0 Å². The molecule has 1 aliphatic heterocycles. The van der Waals surface area contributed by atoms with Crippen LogP contribution in [0.15, 0.2) is 53.1 Å². The monoisotopic (exact) mass is 409 g/mol. The Hall–Kier alpha value is -2.66. The van der Waals surface area contributed by atoms with E-state index in [-0.39, 0.29) is 17.4 Å². The Morgan fingerprint density at radius 1 is 1.10 bits per heavy atom. The van der Waals surface area contributed by atoms with E-state index in [0.29, 0.717) is 36.1 Å². The van der Waals surface area contributed by atoms with E-state index in [1.807, 2.05) is 17.0 Å². The first-order valence-corrected chi connectivity index (χ1v) is 10.2. The quantitative estimate of drug-likeness (QED) is 0.566. The molecule has 2 aromatic carbocycles. The van der Waals surface area contributed by atoms with Crippen molar-refractivity contribution in [1.82, 2.24) is 15.0 Å². The molecule has 29 heavy (non-hydrogen) atoms. The first-order chi connectivity index (χ1) is 13.8. The third-order valence-electron chi connectivity index (χ3n) is 5.33. The number of amides is 1. The van der Waals surface area contributed by atoms with Crippen LogP contribution in [0.4, 0.5) is 0 Å². The summed E-state index contributed by atoms with van der Waals surface area (Å²) in [7, 11) is 0. The molecule has 1 saturated heterocycles. The average Bonchev–Trinajstić information content (AvgIpc) is 3.30. The second-order valence-electron chi connectivity index (χ2n) is 8.49. The largest absolute Gasteiger partial charge is 0.337 e. The summed E-state index contributed by atoms with van der Waals surface area (Å²) in [5, 5.41) is 4.75. The van der Waals surface area contributed by atoms with Crippen molar-refractivity contribution in [2.75, 3.05) is 0 Å². The number of carbonyl (C=O) groups excluding carboxylic acids is 1. The van der Waals surface area contributed by atoms with Crippen LogP contribution in [0, 0.1) is 0 Å². The molecular formula is C23H24ClN3O2. The van der Waals surface area contributed by atoms with E-state index in [9.17, 15) is 4.79 Å². The van der Waals surface area contributed by atoms with Gasteiger partial charge in [-0.25, -0.2) is 0 Å². The van der Waals surface area contributed by atoms with Crippen LogP contribution in [0.1, 0.15) is 56.7 Å². The third kappa shape index (κ3) is 4.20. The van der Waals surface area contributed by atoms with E-state index in [1.54, 1.807) is 12.1 Å². The number of hydrogen-bond donors (Lipinski definition) is 0. The van der Waals surface area contributed by atoms with Gasteiger partial charge in [0.25, 0.3) is 0 Å². The Morgan fingerprint density at radius 3 is 2.45 bits per heavy atom. The average molecular weight is 410 g/mol. The lowest BCUT2D eigenvalue weighted by Crippen LogP contribution is -2.27. The van der Waals surface area contributed by atoms with Gasteiger partial charge in [-0.15, -0.1) is 0 Å². The van der Waals surface area contributed by atoms with Gasteiger partial charge in [0.15, 0.2) is 0 Å². The molecule has 0 saturated carbocycles. The van der Waals surface area contributed by atoms with E-state index >= 15 is 0 Å². The van der Waals surface area contributed by atoms with Gasteiger partial charge in [0.1, 0.15) is 6.04 Å². The molecule has 0 bridgehead atoms. The molecule has 1 unspecified atom stereocenters. The lowest BCUT2D eigenvalue weighted by Gasteiger charge is -2.23. The molecule has 0 N–H and O–H groups in total. The number of rotatable bonds is 4. The molecule has 0 aliphatic carbocycles. The predicted octanol–water partition coefficient (Wildman–Crippen LogP) is 5.55. The number of likely N-dealkylation sites (tertiary alicyclic amines) is 1. The minimum atomic E-state index is -0.196. The molecule has 1 amide bonds. The lowest BCUT2D eigenvalue weighted by molar-refractivity contribution is -0.129. The van der Waals surface area contributed by atoms with Gasteiger partial charge in [-0.3, -0.25) is 4.79 Å². The summed E-state index contributed by atoms with van der Waals surface area (Å²) < 4.78 is 5.53. The number of aromatic nitrogens is 2. The molecule has 3 aromatic rings. The van der Waals surface area contributed by atoms with Gasteiger partial charge in [0.2, 0.25) is 17.6 Å². The number of carbonyl (C=O) groups is 1. The van der Waals surface area contributed by atoms with Gasteiger partial charge >= 0.3 is 0 Å². The maximum Gasteiger partial charge on any atom is 0.249 e. The molecular weight excluding hydrogens is 386 g/mol. The van der Waals surface area contributed by atoms with E-state index in [1.165, 1.54) is 5.56 Å². The summed E-state index contributed by atoms with van der Waals surface area (Å²) in [6.45, 7) is 7.11. The number of halogens is 1. The molecule has 1 fully saturated rings. The third-order valence-corrected chi connectivity index (χ3v) is 5.58. The minimum absolute atomic E-state index is 0.104. The van der Waals surface area contributed by atoms with Crippen molar-refractivity contribution in [3.05, 3.63) is 70.6 Å². The van der Waals surface area contributed by atoms with Crippen molar-refractivity contribution in [2.45, 2.75) is 51.6 Å². The van der Waals surface area contributed by atoms with E-state index in [4.69, 9.17) is 16.1 Å². The summed E-state index contributed by atoms with van der Waals surface area (Å²) in [6, 6.07) is 15.5. The number of nitrogens with zero attached hydrogens (tertiary/aromatic N) is 3. The summed E-state index contributed by atoms with van der Waals surface area (Å²) >= 11 is 5.95. The van der Waals surface area contributed by atoms with Crippen LogP contribution >= 0.6 is 11.6 Å². The molecule has 0 radical (unpaired) electrons.